The van der Waals surface area contributed by atoms with Gasteiger partial charge in [-0.15, -0.1) is 11.8 Å². The summed E-state index contributed by atoms with van der Waals surface area (Å²) in [4.78, 5) is 26.9. The van der Waals surface area contributed by atoms with Crippen LogP contribution in [0.1, 0.15) is 10.4 Å². The van der Waals surface area contributed by atoms with E-state index in [0.29, 0.717) is 33.7 Å². The number of carbonyl (C=O) groups is 2. The average Bonchev–Trinajstić information content (AvgIpc) is 3.12. The van der Waals surface area contributed by atoms with E-state index in [-0.39, 0.29) is 11.8 Å². The maximum absolute atomic E-state index is 12.6. The molecule has 0 bridgehead atoms. The van der Waals surface area contributed by atoms with Gasteiger partial charge in [0.1, 0.15) is 11.8 Å². The molecule has 1 unspecified atom stereocenters. The van der Waals surface area contributed by atoms with Crippen molar-refractivity contribution in [3.63, 3.8) is 0 Å². The van der Waals surface area contributed by atoms with E-state index in [4.69, 9.17) is 16.3 Å². The molecular weight excluding hydrogens is 360 g/mol. The van der Waals surface area contributed by atoms with E-state index in [2.05, 4.69) is 5.32 Å². The average molecular weight is 377 g/mol. The third-order valence-corrected chi connectivity index (χ3v) is 5.19. The van der Waals surface area contributed by atoms with Crippen LogP contribution < -0.4 is 10.1 Å². The van der Waals surface area contributed by atoms with Gasteiger partial charge in [-0.1, -0.05) is 29.8 Å². The molecule has 1 atom stereocenters. The van der Waals surface area contributed by atoms with E-state index in [9.17, 15) is 9.59 Å². The van der Waals surface area contributed by atoms with Gasteiger partial charge in [0.25, 0.3) is 5.91 Å². The molecule has 25 heavy (non-hydrogen) atoms. The zero-order valence-corrected chi connectivity index (χ0v) is 15.1. The van der Waals surface area contributed by atoms with Gasteiger partial charge < -0.3 is 15.0 Å². The summed E-state index contributed by atoms with van der Waals surface area (Å²) in [5.74, 6) is 1.23. The van der Waals surface area contributed by atoms with Crippen LogP contribution in [0.15, 0.2) is 48.5 Å². The molecule has 1 N–H and O–H groups in total. The van der Waals surface area contributed by atoms with Gasteiger partial charge in [-0.2, -0.15) is 0 Å². The number of benzene rings is 2. The molecule has 0 radical (unpaired) electrons. The first-order valence-corrected chi connectivity index (χ1v) is 9.21. The molecule has 1 saturated heterocycles. The largest absolute Gasteiger partial charge is 0.495 e. The molecule has 130 valence electrons. The number of amides is 2. The minimum absolute atomic E-state index is 0.140. The molecule has 0 aromatic heterocycles. The second-order valence-corrected chi connectivity index (χ2v) is 6.90. The predicted molar refractivity (Wildman–Crippen MR) is 100 cm³/mol. The van der Waals surface area contributed by atoms with Crippen molar-refractivity contribution in [1.82, 2.24) is 4.90 Å². The molecule has 7 heteroatoms. The van der Waals surface area contributed by atoms with E-state index < -0.39 is 6.04 Å². The topological polar surface area (TPSA) is 58.6 Å². The number of nitrogens with zero attached hydrogens (tertiary/aromatic N) is 1. The molecule has 0 saturated carbocycles. The van der Waals surface area contributed by atoms with Crippen LogP contribution in [0.2, 0.25) is 5.02 Å². The van der Waals surface area contributed by atoms with Gasteiger partial charge in [0.15, 0.2) is 0 Å². The SMILES string of the molecule is COc1ccc(NC(=O)C2CSCN2C(=O)c2ccccc2)cc1Cl. The van der Waals surface area contributed by atoms with Crippen LogP contribution in [-0.2, 0) is 4.79 Å². The van der Waals surface area contributed by atoms with Crippen molar-refractivity contribution in [2.75, 3.05) is 24.1 Å². The quantitative estimate of drug-likeness (QED) is 0.887. The Balaban J connectivity index is 1.72. The van der Waals surface area contributed by atoms with Crippen molar-refractivity contribution < 1.29 is 14.3 Å². The van der Waals surface area contributed by atoms with Crippen LogP contribution >= 0.6 is 23.4 Å². The van der Waals surface area contributed by atoms with Crippen molar-refractivity contribution in [2.45, 2.75) is 6.04 Å². The van der Waals surface area contributed by atoms with Gasteiger partial charge in [-0.3, -0.25) is 9.59 Å². The number of anilines is 1. The molecule has 1 aliphatic rings. The smallest absolute Gasteiger partial charge is 0.255 e. The van der Waals surface area contributed by atoms with E-state index >= 15 is 0 Å². The number of thioether (sulfide) groups is 1. The molecule has 0 aliphatic carbocycles. The Kier molecular flexibility index (Phi) is 5.50. The minimum Gasteiger partial charge on any atom is -0.495 e. The van der Waals surface area contributed by atoms with Crippen LogP contribution in [0.5, 0.6) is 5.75 Å². The van der Waals surface area contributed by atoms with Gasteiger partial charge >= 0.3 is 0 Å². The lowest BCUT2D eigenvalue weighted by Gasteiger charge is -2.23. The summed E-state index contributed by atoms with van der Waals surface area (Å²) in [6.45, 7) is 0. The fraction of sp³-hybridized carbons (Fsp3) is 0.222. The second-order valence-electron chi connectivity index (χ2n) is 5.50. The Morgan fingerprint density at radius 2 is 2.00 bits per heavy atom. The first kappa shape index (κ1) is 17.6. The Bertz CT molecular complexity index is 785. The first-order chi connectivity index (χ1) is 12.1. The van der Waals surface area contributed by atoms with Gasteiger partial charge in [0.05, 0.1) is 18.0 Å². The second kappa shape index (κ2) is 7.80. The third-order valence-electron chi connectivity index (χ3n) is 3.89. The summed E-state index contributed by atoms with van der Waals surface area (Å²) in [5.41, 5.74) is 1.15. The van der Waals surface area contributed by atoms with Gasteiger partial charge in [0, 0.05) is 17.0 Å². The Morgan fingerprint density at radius 3 is 2.68 bits per heavy atom. The van der Waals surface area contributed by atoms with Crippen LogP contribution in [0.25, 0.3) is 0 Å². The molecule has 3 rings (SSSR count). The fourth-order valence-electron chi connectivity index (χ4n) is 2.58. The molecular formula is C18H17ClN2O3S. The lowest BCUT2D eigenvalue weighted by atomic mass is 10.1. The Labute approximate surface area is 155 Å². The number of methoxy groups -OCH3 is 1. The van der Waals surface area contributed by atoms with E-state index in [1.165, 1.54) is 7.11 Å². The number of ether oxygens (including phenoxy) is 1. The number of hydrogen-bond donors (Lipinski definition) is 1. The fourth-order valence-corrected chi connectivity index (χ4v) is 3.99. The molecule has 1 aliphatic heterocycles. The standard InChI is InChI=1S/C18H17ClN2O3S/c1-24-16-8-7-13(9-14(16)19)20-17(22)15-10-25-11-21(15)18(23)12-5-3-2-4-6-12/h2-9,15H,10-11H2,1H3,(H,20,22). The van der Waals surface area contributed by atoms with Crippen LogP contribution in [0.3, 0.4) is 0 Å². The molecule has 2 amide bonds. The summed E-state index contributed by atoms with van der Waals surface area (Å²) >= 11 is 7.65. The first-order valence-electron chi connectivity index (χ1n) is 7.68. The van der Waals surface area contributed by atoms with E-state index in [1.54, 1.807) is 47.0 Å². The van der Waals surface area contributed by atoms with Gasteiger partial charge in [0.2, 0.25) is 5.91 Å². The molecule has 1 heterocycles. The summed E-state index contributed by atoms with van der Waals surface area (Å²) in [5, 5.41) is 3.24. The Hall–Kier alpha value is -2.18. The van der Waals surface area contributed by atoms with Crippen LogP contribution in [0.4, 0.5) is 5.69 Å². The highest BCUT2D eigenvalue weighted by Gasteiger charge is 2.35. The van der Waals surface area contributed by atoms with Crippen molar-refractivity contribution >= 4 is 40.9 Å². The summed E-state index contributed by atoms with van der Waals surface area (Å²) < 4.78 is 5.10. The maximum Gasteiger partial charge on any atom is 0.255 e. The number of hydrogen-bond acceptors (Lipinski definition) is 4. The normalized spacial score (nSPS) is 16.6. The summed E-state index contributed by atoms with van der Waals surface area (Å²) in [6, 6.07) is 13.5. The Morgan fingerprint density at radius 1 is 1.24 bits per heavy atom. The number of nitrogens with one attached hydrogen (secondary N) is 1. The zero-order valence-electron chi connectivity index (χ0n) is 13.6. The lowest BCUT2D eigenvalue weighted by Crippen LogP contribution is -2.44. The molecule has 5 nitrogen and oxygen atoms in total. The third kappa shape index (κ3) is 3.91. The van der Waals surface area contributed by atoms with Crippen molar-refractivity contribution in [1.29, 1.82) is 0 Å². The summed E-state index contributed by atoms with van der Waals surface area (Å²) in [7, 11) is 1.53. The molecule has 1 fully saturated rings. The monoisotopic (exact) mass is 376 g/mol. The summed E-state index contributed by atoms with van der Waals surface area (Å²) in [6.07, 6.45) is 0. The molecule has 0 spiro atoms. The van der Waals surface area contributed by atoms with Gasteiger partial charge in [-0.25, -0.2) is 0 Å². The highest BCUT2D eigenvalue weighted by Crippen LogP contribution is 2.28. The number of carbonyl (C=O) groups excluding carboxylic acids is 2. The van der Waals surface area contributed by atoms with Gasteiger partial charge in [-0.05, 0) is 30.3 Å². The zero-order chi connectivity index (χ0) is 17.8. The lowest BCUT2D eigenvalue weighted by molar-refractivity contribution is -0.119. The number of halogens is 1. The van der Waals surface area contributed by atoms with E-state index in [0.717, 1.165) is 0 Å². The number of rotatable bonds is 4. The van der Waals surface area contributed by atoms with Crippen LogP contribution in [0, 0.1) is 0 Å². The van der Waals surface area contributed by atoms with Crippen molar-refractivity contribution in [2.24, 2.45) is 0 Å². The van der Waals surface area contributed by atoms with E-state index in [1.807, 2.05) is 18.2 Å². The minimum atomic E-state index is -0.515. The van der Waals surface area contributed by atoms with Crippen molar-refractivity contribution in [3.8, 4) is 5.75 Å². The highest BCUT2D eigenvalue weighted by atomic mass is 35.5. The highest BCUT2D eigenvalue weighted by molar-refractivity contribution is 7.99. The van der Waals surface area contributed by atoms with Crippen LogP contribution in [-0.4, -0.2) is 41.5 Å². The maximum atomic E-state index is 12.6. The molecule has 2 aromatic carbocycles. The molecule has 2 aromatic rings. The predicted octanol–water partition coefficient (Wildman–Crippen LogP) is 3.50. The van der Waals surface area contributed by atoms with Crippen molar-refractivity contribution in [3.05, 3.63) is 59.1 Å².